The summed E-state index contributed by atoms with van der Waals surface area (Å²) >= 11 is 0. The summed E-state index contributed by atoms with van der Waals surface area (Å²) in [6.07, 6.45) is 1.93. The molecule has 2 aromatic carbocycles. The summed E-state index contributed by atoms with van der Waals surface area (Å²) in [6.45, 7) is 8.44. The van der Waals surface area contributed by atoms with E-state index in [0.29, 0.717) is 41.2 Å². The predicted molar refractivity (Wildman–Crippen MR) is 134 cm³/mol. The van der Waals surface area contributed by atoms with Crippen LogP contribution in [0.25, 0.3) is 0 Å². The maximum atomic E-state index is 13.0. The monoisotopic (exact) mass is 478 g/mol. The Morgan fingerprint density at radius 1 is 0.971 bits per heavy atom. The highest BCUT2D eigenvalue weighted by molar-refractivity contribution is 6.21. The molecule has 0 radical (unpaired) electrons. The SMILES string of the molecule is CCOc1ccc(CN2C(=O)c3ccccc3C2=O)cc1C(=O)NCCCCN1CCN(C)CC1. The van der Waals surface area contributed by atoms with Gasteiger partial charge < -0.3 is 19.9 Å². The van der Waals surface area contributed by atoms with E-state index in [9.17, 15) is 14.4 Å². The maximum Gasteiger partial charge on any atom is 0.261 e. The topological polar surface area (TPSA) is 82.2 Å². The van der Waals surface area contributed by atoms with Crippen LogP contribution in [0.2, 0.25) is 0 Å². The molecule has 0 aromatic heterocycles. The molecule has 0 saturated carbocycles. The van der Waals surface area contributed by atoms with Gasteiger partial charge in [-0.15, -0.1) is 0 Å². The number of carbonyl (C=O) groups is 3. The first-order chi connectivity index (χ1) is 17.0. The molecule has 0 unspecified atom stereocenters. The van der Waals surface area contributed by atoms with Crippen molar-refractivity contribution in [1.82, 2.24) is 20.0 Å². The van der Waals surface area contributed by atoms with Gasteiger partial charge in [0.1, 0.15) is 5.75 Å². The normalized spacial score (nSPS) is 16.5. The van der Waals surface area contributed by atoms with Gasteiger partial charge in [0.25, 0.3) is 17.7 Å². The molecule has 0 atom stereocenters. The number of ether oxygens (including phenoxy) is 1. The zero-order valence-electron chi connectivity index (χ0n) is 20.6. The number of piperazine rings is 1. The lowest BCUT2D eigenvalue weighted by Gasteiger charge is -2.32. The second-order valence-electron chi connectivity index (χ2n) is 9.11. The molecule has 2 heterocycles. The summed E-state index contributed by atoms with van der Waals surface area (Å²) in [7, 11) is 2.15. The van der Waals surface area contributed by atoms with E-state index < -0.39 is 0 Å². The van der Waals surface area contributed by atoms with Crippen molar-refractivity contribution in [3.63, 3.8) is 0 Å². The van der Waals surface area contributed by atoms with Crippen molar-refractivity contribution in [3.8, 4) is 5.75 Å². The Labute approximate surface area is 206 Å². The second-order valence-corrected chi connectivity index (χ2v) is 9.11. The molecule has 4 rings (SSSR count). The van der Waals surface area contributed by atoms with Crippen LogP contribution in [0.5, 0.6) is 5.75 Å². The fraction of sp³-hybridized carbons (Fsp3) is 0.444. The second kappa shape index (κ2) is 11.5. The molecular formula is C27H34N4O4. The number of fused-ring (bicyclic) bond motifs is 1. The van der Waals surface area contributed by atoms with Crippen molar-refractivity contribution in [3.05, 3.63) is 64.7 Å². The van der Waals surface area contributed by atoms with E-state index in [1.807, 2.05) is 6.92 Å². The van der Waals surface area contributed by atoms with Gasteiger partial charge in [-0.2, -0.15) is 0 Å². The van der Waals surface area contributed by atoms with E-state index >= 15 is 0 Å². The molecule has 186 valence electrons. The highest BCUT2D eigenvalue weighted by Gasteiger charge is 2.35. The third-order valence-electron chi connectivity index (χ3n) is 6.59. The molecule has 2 aromatic rings. The van der Waals surface area contributed by atoms with Crippen LogP contribution in [0.4, 0.5) is 0 Å². The van der Waals surface area contributed by atoms with Gasteiger partial charge in [-0.3, -0.25) is 19.3 Å². The van der Waals surface area contributed by atoms with Crippen LogP contribution in [0, 0.1) is 0 Å². The minimum Gasteiger partial charge on any atom is -0.493 e. The standard InChI is InChI=1S/C27H34N4O4/c1-3-35-24-11-10-20(19-31-26(33)21-8-4-5-9-22(21)27(31)34)18-23(24)25(32)28-12-6-7-13-30-16-14-29(2)15-17-30/h4-5,8-11,18H,3,6-7,12-17,19H2,1-2H3,(H,28,32). The number of nitrogens with one attached hydrogen (secondary N) is 1. The number of imide groups is 1. The molecule has 1 fully saturated rings. The van der Waals surface area contributed by atoms with Crippen molar-refractivity contribution in [2.24, 2.45) is 0 Å². The molecule has 2 aliphatic rings. The first-order valence-corrected chi connectivity index (χ1v) is 12.4. The highest BCUT2D eigenvalue weighted by Crippen LogP contribution is 2.26. The summed E-state index contributed by atoms with van der Waals surface area (Å²) in [6, 6.07) is 12.1. The average Bonchev–Trinajstić information content (AvgIpc) is 3.11. The molecule has 35 heavy (non-hydrogen) atoms. The maximum absolute atomic E-state index is 13.0. The Morgan fingerprint density at radius 2 is 1.66 bits per heavy atom. The summed E-state index contributed by atoms with van der Waals surface area (Å²) in [5.41, 5.74) is 1.94. The lowest BCUT2D eigenvalue weighted by molar-refractivity contribution is 0.0642. The van der Waals surface area contributed by atoms with Gasteiger partial charge >= 0.3 is 0 Å². The van der Waals surface area contributed by atoms with E-state index in [1.54, 1.807) is 42.5 Å². The molecule has 0 bridgehead atoms. The zero-order chi connectivity index (χ0) is 24.8. The highest BCUT2D eigenvalue weighted by atomic mass is 16.5. The zero-order valence-corrected chi connectivity index (χ0v) is 20.6. The van der Waals surface area contributed by atoms with Crippen molar-refractivity contribution in [1.29, 1.82) is 0 Å². The number of hydrogen-bond acceptors (Lipinski definition) is 6. The molecule has 0 aliphatic carbocycles. The van der Waals surface area contributed by atoms with Gasteiger partial charge in [0.05, 0.1) is 29.8 Å². The number of benzene rings is 2. The van der Waals surface area contributed by atoms with Gasteiger partial charge in [0, 0.05) is 32.7 Å². The number of rotatable bonds is 10. The third-order valence-corrected chi connectivity index (χ3v) is 6.59. The van der Waals surface area contributed by atoms with Crippen LogP contribution in [-0.2, 0) is 6.54 Å². The first-order valence-electron chi connectivity index (χ1n) is 12.4. The van der Waals surface area contributed by atoms with E-state index in [2.05, 4.69) is 22.2 Å². The number of nitrogens with zero attached hydrogens (tertiary/aromatic N) is 3. The van der Waals surface area contributed by atoms with Crippen LogP contribution in [-0.4, -0.2) is 85.3 Å². The molecule has 1 saturated heterocycles. The van der Waals surface area contributed by atoms with Crippen LogP contribution in [0.1, 0.15) is 56.4 Å². The number of unbranched alkanes of at least 4 members (excludes halogenated alkanes) is 1. The van der Waals surface area contributed by atoms with Crippen molar-refractivity contribution < 1.29 is 19.1 Å². The largest absolute Gasteiger partial charge is 0.493 e. The fourth-order valence-electron chi connectivity index (χ4n) is 4.53. The fourth-order valence-corrected chi connectivity index (χ4v) is 4.53. The predicted octanol–water partition coefficient (Wildman–Crippen LogP) is 2.64. The first kappa shape index (κ1) is 24.9. The van der Waals surface area contributed by atoms with Gasteiger partial charge in [-0.1, -0.05) is 18.2 Å². The lowest BCUT2D eigenvalue weighted by Crippen LogP contribution is -2.44. The Balaban J connectivity index is 1.35. The molecule has 1 N–H and O–H groups in total. The van der Waals surface area contributed by atoms with Crippen molar-refractivity contribution >= 4 is 17.7 Å². The Bertz CT molecular complexity index is 1040. The van der Waals surface area contributed by atoms with Crippen LogP contribution < -0.4 is 10.1 Å². The van der Waals surface area contributed by atoms with Gasteiger partial charge in [-0.05, 0) is 63.2 Å². The Kier molecular flexibility index (Phi) is 8.15. The van der Waals surface area contributed by atoms with E-state index in [1.165, 1.54) is 4.90 Å². The lowest BCUT2D eigenvalue weighted by atomic mass is 10.1. The Hall–Kier alpha value is -3.23. The molecule has 2 aliphatic heterocycles. The quantitative estimate of drug-likeness (QED) is 0.418. The minimum absolute atomic E-state index is 0.101. The molecule has 0 spiro atoms. The van der Waals surface area contributed by atoms with Crippen LogP contribution in [0.15, 0.2) is 42.5 Å². The molecular weight excluding hydrogens is 444 g/mol. The summed E-state index contributed by atoms with van der Waals surface area (Å²) in [5.74, 6) is -0.345. The molecule has 8 nitrogen and oxygen atoms in total. The third kappa shape index (κ3) is 5.89. The number of carbonyl (C=O) groups excluding carboxylic acids is 3. The number of likely N-dealkylation sites (N-methyl/N-ethyl adjacent to an activating group) is 1. The number of amides is 3. The van der Waals surface area contributed by atoms with Crippen molar-refractivity contribution in [2.45, 2.75) is 26.3 Å². The van der Waals surface area contributed by atoms with E-state index in [-0.39, 0.29) is 24.3 Å². The van der Waals surface area contributed by atoms with Crippen molar-refractivity contribution in [2.75, 3.05) is 52.9 Å². The smallest absolute Gasteiger partial charge is 0.261 e. The van der Waals surface area contributed by atoms with Gasteiger partial charge in [0.15, 0.2) is 0 Å². The summed E-state index contributed by atoms with van der Waals surface area (Å²) in [4.78, 5) is 44.5. The Morgan fingerprint density at radius 3 is 2.31 bits per heavy atom. The van der Waals surface area contributed by atoms with Crippen LogP contribution >= 0.6 is 0 Å². The molecule has 3 amide bonds. The van der Waals surface area contributed by atoms with Gasteiger partial charge in [-0.25, -0.2) is 0 Å². The number of hydrogen-bond donors (Lipinski definition) is 1. The average molecular weight is 479 g/mol. The van der Waals surface area contributed by atoms with Gasteiger partial charge in [0.2, 0.25) is 0 Å². The summed E-state index contributed by atoms with van der Waals surface area (Å²) < 4.78 is 5.67. The summed E-state index contributed by atoms with van der Waals surface area (Å²) in [5, 5.41) is 3.00. The molecule has 8 heteroatoms. The van der Waals surface area contributed by atoms with E-state index in [4.69, 9.17) is 4.74 Å². The minimum atomic E-state index is -0.314. The van der Waals surface area contributed by atoms with E-state index in [0.717, 1.165) is 45.6 Å². The van der Waals surface area contributed by atoms with Crippen LogP contribution in [0.3, 0.4) is 0 Å².